The molecular weight excluding hydrogens is 89.9 g/mol. The zero-order chi connectivity index (χ0) is 0. The minimum atomic E-state index is 0. The maximum absolute atomic E-state index is 0. The molecule has 0 spiro atoms. The first-order chi connectivity index (χ1) is 0. The van der Waals surface area contributed by atoms with Crippen LogP contribution in [0.25, 0.3) is 0 Å². The van der Waals surface area contributed by atoms with Gasteiger partial charge in [0, 0.05) is 0 Å². The molecule has 0 saturated heterocycles. The molecule has 0 fully saturated rings. The third-order valence-electron chi connectivity index (χ3n) is 0. The van der Waals surface area contributed by atoms with Crippen molar-refractivity contribution in [1.82, 2.24) is 0 Å². The van der Waals surface area contributed by atoms with Crippen LogP contribution in [0.15, 0.2) is 0 Å². The number of rotatable bonds is 0. The summed E-state index contributed by atoms with van der Waals surface area (Å²) in [5, 5.41) is 0. The van der Waals surface area contributed by atoms with Gasteiger partial charge in [-0.3, -0.25) is 0 Å². The molecule has 0 saturated carbocycles. The van der Waals surface area contributed by atoms with Gasteiger partial charge in [-0.05, 0) is 0 Å². The summed E-state index contributed by atoms with van der Waals surface area (Å²) in [5.41, 5.74) is 0. The average molecular weight is 94.9 g/mol. The fraction of sp³-hybridized carbons (Fsp3) is 1.00. The Bertz CT molecular complexity index is 8.00. The molecule has 0 amide bonds. The predicted molar refractivity (Wildman–Crippen MR) is 14.6 cm³/mol. The van der Waals surface area contributed by atoms with Crippen LogP contribution < -0.4 is 0 Å². The maximum Gasteiger partial charge on any atom is 2.00 e. The average Bonchev–Trinajstić information content (AvgIpc) is 0. The van der Waals surface area contributed by atoms with Crippen LogP contribution in [0.5, 0.6) is 0 Å². The Labute approximate surface area is 49.1 Å². The Morgan fingerprint density at radius 2 is 1.00 bits per heavy atom. The van der Waals surface area contributed by atoms with E-state index < -0.39 is 0 Å². The van der Waals surface area contributed by atoms with Crippen LogP contribution >= 0.6 is 0 Å². The Kier molecular flexibility index (Phi) is 605. The smallest absolute Gasteiger partial charge is 2.00 e. The van der Waals surface area contributed by atoms with Crippen molar-refractivity contribution < 1.29 is 22.5 Å². The van der Waals surface area contributed by atoms with E-state index in [0.29, 0.717) is 0 Å². The second kappa shape index (κ2) is 33.3. The largest absolute Gasteiger partial charge is 2.00 e. The van der Waals surface area contributed by atoms with E-state index in [0.717, 1.165) is 0 Å². The summed E-state index contributed by atoms with van der Waals surface area (Å²) in [6, 6.07) is 0. The van der Waals surface area contributed by atoms with Crippen molar-refractivity contribution in [2.24, 2.45) is 0 Å². The number of hydrogen-bond donors (Lipinski definition) is 0. The molecule has 4 heavy (non-hydrogen) atoms. The summed E-state index contributed by atoms with van der Waals surface area (Å²) in [6.45, 7) is 0. The maximum atomic E-state index is 0. The van der Waals surface area contributed by atoms with Crippen LogP contribution in [-0.4, -0.2) is 18.9 Å². The fourth-order valence-corrected chi connectivity index (χ4v) is 0. The molecule has 0 unspecified atom stereocenters. The molecule has 0 aliphatic rings. The van der Waals surface area contributed by atoms with Crippen LogP contribution in [0.1, 0.15) is 7.43 Å². The molecule has 0 aromatic heterocycles. The van der Waals surface area contributed by atoms with Gasteiger partial charge in [0.05, 0.1) is 0 Å². The summed E-state index contributed by atoms with van der Waals surface area (Å²) in [7, 11) is 0. The van der Waals surface area contributed by atoms with Gasteiger partial charge in [0.15, 0.2) is 0 Å². The Balaban J connectivity index is 0. The van der Waals surface area contributed by atoms with Gasteiger partial charge in [-0.25, -0.2) is 0 Å². The van der Waals surface area contributed by atoms with Crippen LogP contribution in [0.4, 0.5) is 0 Å². The molecule has 0 heterocycles. The number of hydrogen-bond acceptors (Lipinski definition) is 0. The molecule has 0 aliphatic carbocycles. The zero-order valence-corrected chi connectivity index (χ0v) is 1.97. The van der Waals surface area contributed by atoms with E-state index >= 15 is 0 Å². The van der Waals surface area contributed by atoms with Crippen LogP contribution in [0, 0.1) is 0 Å². The SMILES string of the molecule is C.[LiH].[Mn+2].[O-2]. The molecule has 0 aromatic carbocycles. The summed E-state index contributed by atoms with van der Waals surface area (Å²) in [4.78, 5) is 0. The Morgan fingerprint density at radius 1 is 1.00 bits per heavy atom. The van der Waals surface area contributed by atoms with E-state index in [-0.39, 0.29) is 48.8 Å². The fourth-order valence-electron chi connectivity index (χ4n) is 0. The summed E-state index contributed by atoms with van der Waals surface area (Å²) < 4.78 is 0. The van der Waals surface area contributed by atoms with Crippen LogP contribution in [0.2, 0.25) is 0 Å². The van der Waals surface area contributed by atoms with E-state index in [2.05, 4.69) is 0 Å². The van der Waals surface area contributed by atoms with E-state index in [1.54, 1.807) is 0 Å². The summed E-state index contributed by atoms with van der Waals surface area (Å²) in [5.74, 6) is 0. The standard InChI is InChI=1S/CH4.Li.Mn.O.H/h1H4;;;;/q;;+2;-2;. The normalized spacial score (nSPS) is 0. The zero-order valence-electron chi connectivity index (χ0n) is 0.786. The van der Waals surface area contributed by atoms with Gasteiger partial charge in [-0.2, -0.15) is 0 Å². The molecule has 0 bridgehead atoms. The van der Waals surface area contributed by atoms with Gasteiger partial charge in [-0.15, -0.1) is 0 Å². The van der Waals surface area contributed by atoms with Gasteiger partial charge < -0.3 is 5.48 Å². The second-order valence-electron chi connectivity index (χ2n) is 0. The molecule has 0 atom stereocenters. The van der Waals surface area contributed by atoms with Crippen molar-refractivity contribution in [3.63, 3.8) is 0 Å². The minimum absolute atomic E-state index is 0. The first kappa shape index (κ1) is 72.8. The van der Waals surface area contributed by atoms with Crippen molar-refractivity contribution in [3.8, 4) is 0 Å². The van der Waals surface area contributed by atoms with Crippen LogP contribution in [-0.2, 0) is 22.5 Å². The first-order valence-corrected chi connectivity index (χ1v) is 0. The van der Waals surface area contributed by atoms with Crippen molar-refractivity contribution in [2.45, 2.75) is 7.43 Å². The van der Waals surface area contributed by atoms with Gasteiger partial charge in [0.25, 0.3) is 0 Å². The monoisotopic (exact) mass is 95.0 g/mol. The van der Waals surface area contributed by atoms with Crippen molar-refractivity contribution in [2.75, 3.05) is 0 Å². The summed E-state index contributed by atoms with van der Waals surface area (Å²) in [6.07, 6.45) is 0. The van der Waals surface area contributed by atoms with Crippen LogP contribution in [0.3, 0.4) is 0 Å². The molecular formula is CH5LiMnO. The third kappa shape index (κ3) is 11.4. The molecule has 1 nitrogen and oxygen atoms in total. The molecule has 23 valence electrons. The molecule has 0 aliphatic heterocycles. The van der Waals surface area contributed by atoms with Crippen molar-refractivity contribution >= 4 is 18.9 Å². The minimum Gasteiger partial charge on any atom is -2.00 e. The summed E-state index contributed by atoms with van der Waals surface area (Å²) >= 11 is 0. The first-order valence-electron chi connectivity index (χ1n) is 0. The molecule has 0 aromatic rings. The van der Waals surface area contributed by atoms with E-state index in [4.69, 9.17) is 0 Å². The molecule has 1 radical (unpaired) electrons. The van der Waals surface area contributed by atoms with E-state index in [1.165, 1.54) is 0 Å². The second-order valence-corrected chi connectivity index (χ2v) is 0. The van der Waals surface area contributed by atoms with Gasteiger partial charge in [0.1, 0.15) is 0 Å². The molecule has 0 N–H and O–H groups in total. The Morgan fingerprint density at radius 3 is 1.00 bits per heavy atom. The van der Waals surface area contributed by atoms with Gasteiger partial charge in [-0.1, -0.05) is 7.43 Å². The van der Waals surface area contributed by atoms with Gasteiger partial charge in [0.2, 0.25) is 0 Å². The van der Waals surface area contributed by atoms with Crippen molar-refractivity contribution in [1.29, 1.82) is 0 Å². The predicted octanol–water partition coefficient (Wildman–Crippen LogP) is -0.134. The third-order valence-corrected chi connectivity index (χ3v) is 0. The molecule has 0 rings (SSSR count). The van der Waals surface area contributed by atoms with E-state index in [9.17, 15) is 0 Å². The Hall–Kier alpha value is 1.08. The molecule has 3 heteroatoms. The topological polar surface area (TPSA) is 28.5 Å². The van der Waals surface area contributed by atoms with Gasteiger partial charge >= 0.3 is 35.9 Å². The quantitative estimate of drug-likeness (QED) is 0.375. The van der Waals surface area contributed by atoms with E-state index in [1.807, 2.05) is 0 Å². The van der Waals surface area contributed by atoms with Crippen molar-refractivity contribution in [3.05, 3.63) is 0 Å².